The Hall–Kier alpha value is -1.44. The van der Waals surface area contributed by atoms with E-state index >= 15 is 0 Å². The number of hydrogen-bond acceptors (Lipinski definition) is 4. The second-order valence-corrected chi connectivity index (χ2v) is 9.17. The lowest BCUT2D eigenvalue weighted by atomic mass is 9.95. The monoisotopic (exact) mass is 398 g/mol. The lowest BCUT2D eigenvalue weighted by Crippen LogP contribution is -2.24. The predicted molar refractivity (Wildman–Crippen MR) is 98.8 cm³/mol. The van der Waals surface area contributed by atoms with Gasteiger partial charge in [-0.05, 0) is 31.9 Å². The fourth-order valence-corrected chi connectivity index (χ4v) is 5.57. The van der Waals surface area contributed by atoms with Crippen LogP contribution in [0.1, 0.15) is 53.4 Å². The summed E-state index contributed by atoms with van der Waals surface area (Å²) in [4.78, 5) is 12.0. The summed E-state index contributed by atoms with van der Waals surface area (Å²) in [5.41, 5.74) is 0.971. The van der Waals surface area contributed by atoms with Crippen LogP contribution < -0.4 is 4.80 Å². The van der Waals surface area contributed by atoms with E-state index in [0.717, 1.165) is 49.0 Å². The molecule has 0 N–H and O–H groups in total. The molecule has 25 heavy (non-hydrogen) atoms. The number of carbonyl (C=O) groups is 1. The summed E-state index contributed by atoms with van der Waals surface area (Å²) in [5.74, 6) is 0. The summed E-state index contributed by atoms with van der Waals surface area (Å²) >= 11 is 7.37. The first-order valence-electron chi connectivity index (χ1n) is 8.16. The molecule has 0 radical (unpaired) electrons. The third-order valence-electron chi connectivity index (χ3n) is 4.39. The van der Waals surface area contributed by atoms with Gasteiger partial charge in [-0.2, -0.15) is 8.42 Å². The molecule has 2 aromatic rings. The molecular weight excluding hydrogens is 380 g/mol. The Bertz CT molecular complexity index is 937. The van der Waals surface area contributed by atoms with Crippen LogP contribution in [-0.4, -0.2) is 19.3 Å². The SMILES string of the molecule is Cc1ccc(S(=O)(=O)/N=c2\sc(C=O)c(Cl)n2C2CCCCC2)cc1. The molecule has 5 nitrogen and oxygen atoms in total. The van der Waals surface area contributed by atoms with Crippen LogP contribution in [0.5, 0.6) is 0 Å². The van der Waals surface area contributed by atoms with Gasteiger partial charge in [-0.25, -0.2) is 0 Å². The largest absolute Gasteiger partial charge is 0.303 e. The first-order valence-corrected chi connectivity index (χ1v) is 10.8. The van der Waals surface area contributed by atoms with Crippen LogP contribution in [-0.2, 0) is 10.0 Å². The zero-order chi connectivity index (χ0) is 18.0. The van der Waals surface area contributed by atoms with Gasteiger partial charge in [0.05, 0.1) is 4.90 Å². The predicted octanol–water partition coefficient (Wildman–Crippen LogP) is 4.12. The molecular formula is C17H19ClN2O3S2. The van der Waals surface area contributed by atoms with Crippen LogP contribution >= 0.6 is 22.9 Å². The van der Waals surface area contributed by atoms with Crippen molar-refractivity contribution in [1.29, 1.82) is 0 Å². The molecule has 0 atom stereocenters. The fraction of sp³-hybridized carbons (Fsp3) is 0.412. The van der Waals surface area contributed by atoms with Crippen LogP contribution in [0.15, 0.2) is 33.6 Å². The summed E-state index contributed by atoms with van der Waals surface area (Å²) in [7, 11) is -3.86. The van der Waals surface area contributed by atoms with E-state index in [-0.39, 0.29) is 20.9 Å². The molecule has 0 bridgehead atoms. The first-order chi connectivity index (χ1) is 11.9. The minimum Gasteiger partial charge on any atom is -0.303 e. The Morgan fingerprint density at radius 1 is 1.20 bits per heavy atom. The standard InChI is InChI=1S/C17H19ClN2O3S2/c1-12-7-9-14(10-8-12)25(22,23)19-17-20(13-5-3-2-4-6-13)16(18)15(11-21)24-17/h7-11,13H,2-6H2,1H3/b19-17-. The van der Waals surface area contributed by atoms with Crippen molar-refractivity contribution in [2.24, 2.45) is 4.40 Å². The lowest BCUT2D eigenvalue weighted by Gasteiger charge is -2.23. The number of rotatable bonds is 4. The van der Waals surface area contributed by atoms with E-state index < -0.39 is 10.0 Å². The summed E-state index contributed by atoms with van der Waals surface area (Å²) in [6.45, 7) is 1.89. The number of aldehydes is 1. The highest BCUT2D eigenvalue weighted by Crippen LogP contribution is 2.31. The smallest absolute Gasteiger partial charge is 0.285 e. The second-order valence-electron chi connectivity index (χ2n) is 6.20. The fourth-order valence-electron chi connectivity index (χ4n) is 3.05. The van der Waals surface area contributed by atoms with Crippen molar-refractivity contribution in [3.05, 3.63) is 44.7 Å². The highest BCUT2D eigenvalue weighted by molar-refractivity contribution is 7.90. The molecule has 1 saturated carbocycles. The molecule has 0 spiro atoms. The van der Waals surface area contributed by atoms with E-state index in [1.807, 2.05) is 6.92 Å². The van der Waals surface area contributed by atoms with E-state index in [0.29, 0.717) is 11.2 Å². The van der Waals surface area contributed by atoms with Crippen molar-refractivity contribution < 1.29 is 13.2 Å². The van der Waals surface area contributed by atoms with Crippen molar-refractivity contribution in [2.75, 3.05) is 0 Å². The Labute approximate surface area is 156 Å². The van der Waals surface area contributed by atoms with E-state index in [4.69, 9.17) is 11.6 Å². The molecule has 1 aromatic heterocycles. The number of sulfonamides is 1. The maximum Gasteiger partial charge on any atom is 0.285 e. The lowest BCUT2D eigenvalue weighted by molar-refractivity contribution is 0.112. The molecule has 134 valence electrons. The minimum absolute atomic E-state index is 0.0816. The molecule has 1 fully saturated rings. The van der Waals surface area contributed by atoms with E-state index in [2.05, 4.69) is 4.40 Å². The Morgan fingerprint density at radius 3 is 2.44 bits per heavy atom. The molecule has 1 aliphatic carbocycles. The number of aryl methyl sites for hydroxylation is 1. The van der Waals surface area contributed by atoms with Crippen LogP contribution in [0, 0.1) is 6.92 Å². The average Bonchev–Trinajstić information content (AvgIpc) is 2.90. The second kappa shape index (κ2) is 7.43. The van der Waals surface area contributed by atoms with Gasteiger partial charge in [0.1, 0.15) is 10.0 Å². The van der Waals surface area contributed by atoms with Crippen molar-refractivity contribution in [1.82, 2.24) is 4.57 Å². The molecule has 0 unspecified atom stereocenters. The summed E-state index contributed by atoms with van der Waals surface area (Å²) in [5, 5.41) is 0.282. The summed E-state index contributed by atoms with van der Waals surface area (Å²) in [6, 6.07) is 6.62. The van der Waals surface area contributed by atoms with Gasteiger partial charge < -0.3 is 4.57 Å². The quantitative estimate of drug-likeness (QED) is 0.727. The summed E-state index contributed by atoms with van der Waals surface area (Å²) in [6.07, 6.45) is 5.76. The summed E-state index contributed by atoms with van der Waals surface area (Å²) < 4.78 is 31.0. The number of nitrogens with zero attached hydrogens (tertiary/aromatic N) is 2. The minimum atomic E-state index is -3.86. The number of benzene rings is 1. The van der Waals surface area contributed by atoms with Crippen LogP contribution in [0.4, 0.5) is 0 Å². The van der Waals surface area contributed by atoms with Gasteiger partial charge in [-0.1, -0.05) is 59.9 Å². The van der Waals surface area contributed by atoms with E-state index in [1.54, 1.807) is 16.7 Å². The maximum atomic E-state index is 12.7. The normalized spacial score (nSPS) is 17.0. The van der Waals surface area contributed by atoms with E-state index in [9.17, 15) is 13.2 Å². The van der Waals surface area contributed by atoms with Crippen molar-refractivity contribution in [3.8, 4) is 0 Å². The zero-order valence-corrected chi connectivity index (χ0v) is 16.2. The maximum absolute atomic E-state index is 12.7. The molecule has 3 rings (SSSR count). The number of halogens is 1. The number of thiazole rings is 1. The van der Waals surface area contributed by atoms with Gasteiger partial charge in [0.15, 0.2) is 6.29 Å². The van der Waals surface area contributed by atoms with Gasteiger partial charge in [-0.15, -0.1) is 4.40 Å². The zero-order valence-electron chi connectivity index (χ0n) is 13.8. The van der Waals surface area contributed by atoms with Gasteiger partial charge >= 0.3 is 0 Å². The highest BCUT2D eigenvalue weighted by Gasteiger charge is 2.23. The van der Waals surface area contributed by atoms with Gasteiger partial charge in [-0.3, -0.25) is 4.79 Å². The van der Waals surface area contributed by atoms with Crippen molar-refractivity contribution >= 4 is 39.2 Å². The Balaban J connectivity index is 2.13. The highest BCUT2D eigenvalue weighted by atomic mass is 35.5. The molecule has 1 heterocycles. The van der Waals surface area contributed by atoms with E-state index in [1.165, 1.54) is 12.1 Å². The molecule has 8 heteroatoms. The van der Waals surface area contributed by atoms with Gasteiger partial charge in [0.25, 0.3) is 10.0 Å². The number of carbonyl (C=O) groups excluding carboxylic acids is 1. The molecule has 0 amide bonds. The Kier molecular flexibility index (Phi) is 5.46. The van der Waals surface area contributed by atoms with Crippen LogP contribution in [0.2, 0.25) is 5.15 Å². The Morgan fingerprint density at radius 2 is 1.84 bits per heavy atom. The molecule has 0 aliphatic heterocycles. The van der Waals surface area contributed by atoms with Gasteiger partial charge in [0.2, 0.25) is 4.80 Å². The van der Waals surface area contributed by atoms with Gasteiger partial charge in [0, 0.05) is 6.04 Å². The molecule has 0 saturated heterocycles. The average molecular weight is 399 g/mol. The third-order valence-corrected chi connectivity index (χ3v) is 7.26. The van der Waals surface area contributed by atoms with Crippen LogP contribution in [0.3, 0.4) is 0 Å². The molecule has 1 aliphatic rings. The first kappa shape index (κ1) is 18.4. The number of aromatic nitrogens is 1. The van der Waals surface area contributed by atoms with Crippen LogP contribution in [0.25, 0.3) is 0 Å². The number of hydrogen-bond donors (Lipinski definition) is 0. The molecule has 1 aromatic carbocycles. The third kappa shape index (κ3) is 3.88. The van der Waals surface area contributed by atoms with Crippen molar-refractivity contribution in [3.63, 3.8) is 0 Å². The topological polar surface area (TPSA) is 68.5 Å². The van der Waals surface area contributed by atoms with Crippen molar-refractivity contribution in [2.45, 2.75) is 50.0 Å².